The summed E-state index contributed by atoms with van der Waals surface area (Å²) in [5, 5.41) is 0. The highest BCUT2D eigenvalue weighted by Gasteiger charge is 2.27. The van der Waals surface area contributed by atoms with E-state index in [1.54, 1.807) is 0 Å². The van der Waals surface area contributed by atoms with E-state index in [-0.39, 0.29) is 11.9 Å². The molecule has 24 heavy (non-hydrogen) atoms. The van der Waals surface area contributed by atoms with Gasteiger partial charge in [0.25, 0.3) is 0 Å². The van der Waals surface area contributed by atoms with Gasteiger partial charge in [-0.1, -0.05) is 12.8 Å². The summed E-state index contributed by atoms with van der Waals surface area (Å²) in [6, 6.07) is 0.122. The first-order chi connectivity index (χ1) is 11.7. The number of carbonyl (C=O) groups excluding carboxylic acids is 2. The average Bonchev–Trinajstić information content (AvgIpc) is 2.92. The van der Waals surface area contributed by atoms with Gasteiger partial charge in [-0.3, -0.25) is 9.69 Å². The average molecular weight is 338 g/mol. The smallest absolute Gasteiger partial charge is 0.320 e. The fraction of sp³-hybridized carbons (Fsp3) is 0.882. The van der Waals surface area contributed by atoms with Crippen LogP contribution in [0, 0.1) is 0 Å². The number of hydrogen-bond donors (Lipinski definition) is 0. The third-order valence-electron chi connectivity index (χ3n) is 5.24. The van der Waals surface area contributed by atoms with Crippen molar-refractivity contribution >= 4 is 11.9 Å². The van der Waals surface area contributed by atoms with Crippen molar-refractivity contribution < 1.29 is 14.3 Å². The van der Waals surface area contributed by atoms with Crippen LogP contribution in [0.15, 0.2) is 0 Å². The predicted octanol–water partition coefficient (Wildman–Crippen LogP) is 0.459. The van der Waals surface area contributed by atoms with Gasteiger partial charge in [-0.2, -0.15) is 0 Å². The minimum Gasteiger partial charge on any atom is -0.378 e. The maximum absolute atomic E-state index is 12.5. The van der Waals surface area contributed by atoms with Crippen LogP contribution in [0.25, 0.3) is 0 Å². The van der Waals surface area contributed by atoms with E-state index in [4.69, 9.17) is 4.74 Å². The van der Waals surface area contributed by atoms with Crippen molar-refractivity contribution in [3.8, 4) is 0 Å². The second-order valence-electron chi connectivity index (χ2n) is 6.94. The molecule has 0 aromatic carbocycles. The molecule has 0 bridgehead atoms. The Balaban J connectivity index is 1.41. The van der Waals surface area contributed by atoms with E-state index < -0.39 is 0 Å². The van der Waals surface area contributed by atoms with Crippen LogP contribution in [-0.2, 0) is 9.53 Å². The molecule has 0 unspecified atom stereocenters. The zero-order chi connectivity index (χ0) is 16.8. The lowest BCUT2D eigenvalue weighted by atomic mass is 10.2. The number of morpholine rings is 1. The Morgan fingerprint density at radius 1 is 0.667 bits per heavy atom. The van der Waals surface area contributed by atoms with Gasteiger partial charge in [0.05, 0.1) is 19.8 Å². The van der Waals surface area contributed by atoms with E-state index in [1.165, 1.54) is 12.8 Å². The summed E-state index contributed by atoms with van der Waals surface area (Å²) in [4.78, 5) is 32.9. The number of nitrogens with zero attached hydrogens (tertiary/aromatic N) is 4. The lowest BCUT2D eigenvalue weighted by Gasteiger charge is -2.38. The second-order valence-corrected chi connectivity index (χ2v) is 6.94. The first kappa shape index (κ1) is 17.5. The van der Waals surface area contributed by atoms with Crippen molar-refractivity contribution in [2.45, 2.75) is 25.7 Å². The third kappa shape index (κ3) is 4.60. The zero-order valence-electron chi connectivity index (χ0n) is 14.6. The van der Waals surface area contributed by atoms with Crippen molar-refractivity contribution in [3.05, 3.63) is 0 Å². The van der Waals surface area contributed by atoms with Gasteiger partial charge in [-0.25, -0.2) is 4.79 Å². The summed E-state index contributed by atoms with van der Waals surface area (Å²) in [6.45, 7) is 7.96. The van der Waals surface area contributed by atoms with Gasteiger partial charge in [-0.05, 0) is 12.8 Å². The van der Waals surface area contributed by atoms with Crippen LogP contribution in [-0.4, -0.2) is 104 Å². The molecular weight excluding hydrogens is 308 g/mol. The third-order valence-corrected chi connectivity index (χ3v) is 5.24. The Labute approximate surface area is 144 Å². The van der Waals surface area contributed by atoms with Crippen LogP contribution in [0.4, 0.5) is 4.79 Å². The molecule has 3 amide bonds. The van der Waals surface area contributed by atoms with Crippen molar-refractivity contribution in [2.24, 2.45) is 0 Å². The van der Waals surface area contributed by atoms with Gasteiger partial charge < -0.3 is 19.4 Å². The summed E-state index contributed by atoms with van der Waals surface area (Å²) in [5.41, 5.74) is 0. The van der Waals surface area contributed by atoms with Crippen LogP contribution < -0.4 is 0 Å². The Morgan fingerprint density at radius 3 is 1.88 bits per heavy atom. The minimum absolute atomic E-state index is 0.122. The standard InChI is InChI=1S/C17H30N4O3/c22-16(19-5-3-1-2-4-6-19)15-18-7-9-20(10-8-18)17(23)21-11-13-24-14-12-21/h1-15H2. The Kier molecular flexibility index (Phi) is 6.31. The van der Waals surface area contributed by atoms with E-state index in [1.807, 2.05) is 14.7 Å². The van der Waals surface area contributed by atoms with Crippen molar-refractivity contribution in [1.82, 2.24) is 19.6 Å². The molecule has 3 aliphatic heterocycles. The number of hydrogen-bond acceptors (Lipinski definition) is 4. The monoisotopic (exact) mass is 338 g/mol. The summed E-state index contributed by atoms with van der Waals surface area (Å²) in [6.07, 6.45) is 4.75. The van der Waals surface area contributed by atoms with Gasteiger partial charge in [0.15, 0.2) is 0 Å². The first-order valence-corrected chi connectivity index (χ1v) is 9.36. The molecule has 0 atom stereocenters. The molecule has 7 heteroatoms. The molecular formula is C17H30N4O3. The molecule has 0 radical (unpaired) electrons. The maximum Gasteiger partial charge on any atom is 0.320 e. The van der Waals surface area contributed by atoms with E-state index in [2.05, 4.69) is 4.90 Å². The highest BCUT2D eigenvalue weighted by molar-refractivity contribution is 5.78. The second kappa shape index (κ2) is 8.67. The van der Waals surface area contributed by atoms with Gasteiger partial charge in [0, 0.05) is 52.4 Å². The number of ether oxygens (including phenoxy) is 1. The summed E-state index contributed by atoms with van der Waals surface area (Å²) in [5.74, 6) is 0.254. The Bertz CT molecular complexity index is 424. The molecule has 3 fully saturated rings. The molecule has 3 heterocycles. The quantitative estimate of drug-likeness (QED) is 0.734. The Hall–Kier alpha value is -1.34. The molecule has 0 aromatic rings. The minimum atomic E-state index is 0.122. The van der Waals surface area contributed by atoms with Crippen molar-refractivity contribution in [1.29, 1.82) is 0 Å². The lowest BCUT2D eigenvalue weighted by molar-refractivity contribution is -0.132. The topological polar surface area (TPSA) is 56.3 Å². The SMILES string of the molecule is O=C(CN1CCN(C(=O)N2CCOCC2)CC1)N1CCCCCC1. The summed E-state index contributed by atoms with van der Waals surface area (Å²) < 4.78 is 5.30. The van der Waals surface area contributed by atoms with Crippen LogP contribution >= 0.6 is 0 Å². The molecule has 0 saturated carbocycles. The van der Waals surface area contributed by atoms with E-state index in [0.717, 1.165) is 39.0 Å². The number of likely N-dealkylation sites (tertiary alicyclic amines) is 1. The molecule has 3 rings (SSSR count). The fourth-order valence-electron chi connectivity index (χ4n) is 3.66. The van der Waals surface area contributed by atoms with Crippen LogP contribution in [0.5, 0.6) is 0 Å². The van der Waals surface area contributed by atoms with Gasteiger partial charge >= 0.3 is 6.03 Å². The van der Waals surface area contributed by atoms with Crippen LogP contribution in [0.1, 0.15) is 25.7 Å². The normalized spacial score (nSPS) is 23.9. The lowest BCUT2D eigenvalue weighted by Crippen LogP contribution is -2.56. The van der Waals surface area contributed by atoms with E-state index in [0.29, 0.717) is 45.9 Å². The van der Waals surface area contributed by atoms with Gasteiger partial charge in [0.1, 0.15) is 0 Å². The van der Waals surface area contributed by atoms with Gasteiger partial charge in [-0.15, -0.1) is 0 Å². The van der Waals surface area contributed by atoms with E-state index >= 15 is 0 Å². The highest BCUT2D eigenvalue weighted by Crippen LogP contribution is 2.12. The molecule has 0 aliphatic carbocycles. The van der Waals surface area contributed by atoms with Crippen molar-refractivity contribution in [3.63, 3.8) is 0 Å². The van der Waals surface area contributed by atoms with Crippen molar-refractivity contribution in [2.75, 3.05) is 72.1 Å². The highest BCUT2D eigenvalue weighted by atomic mass is 16.5. The molecule has 7 nitrogen and oxygen atoms in total. The number of urea groups is 1. The zero-order valence-corrected chi connectivity index (χ0v) is 14.6. The first-order valence-electron chi connectivity index (χ1n) is 9.36. The molecule has 0 aromatic heterocycles. The molecule has 3 aliphatic rings. The molecule has 136 valence electrons. The molecule has 0 spiro atoms. The maximum atomic E-state index is 12.5. The summed E-state index contributed by atoms with van der Waals surface area (Å²) >= 11 is 0. The number of amides is 3. The fourth-order valence-corrected chi connectivity index (χ4v) is 3.66. The van der Waals surface area contributed by atoms with Crippen LogP contribution in [0.2, 0.25) is 0 Å². The van der Waals surface area contributed by atoms with Gasteiger partial charge in [0.2, 0.25) is 5.91 Å². The Morgan fingerprint density at radius 2 is 1.25 bits per heavy atom. The molecule has 3 saturated heterocycles. The predicted molar refractivity (Wildman–Crippen MR) is 90.8 cm³/mol. The van der Waals surface area contributed by atoms with Crippen LogP contribution in [0.3, 0.4) is 0 Å². The summed E-state index contributed by atoms with van der Waals surface area (Å²) in [7, 11) is 0. The number of rotatable bonds is 2. The van der Waals surface area contributed by atoms with E-state index in [9.17, 15) is 9.59 Å². The largest absolute Gasteiger partial charge is 0.378 e. The molecule has 0 N–H and O–H groups in total. The number of piperazine rings is 1. The number of carbonyl (C=O) groups is 2.